The van der Waals surface area contributed by atoms with Gasteiger partial charge in [0.2, 0.25) is 0 Å². The average molecular weight is 318 g/mol. The number of hydrogen-bond donors (Lipinski definition) is 1. The topological polar surface area (TPSA) is 65.0 Å². The van der Waals surface area contributed by atoms with Gasteiger partial charge < -0.3 is 18.7 Å². The van der Waals surface area contributed by atoms with Crippen LogP contribution >= 0.6 is 0 Å². The lowest BCUT2D eigenvalue weighted by molar-refractivity contribution is -0.139. The van der Waals surface area contributed by atoms with Gasteiger partial charge in [0.25, 0.3) is 0 Å². The molecule has 0 spiro atoms. The Kier molecular flexibility index (Phi) is 10.6. The molecular formula is C15H30O5Si. The second-order valence-electron chi connectivity index (χ2n) is 5.25. The lowest BCUT2D eigenvalue weighted by atomic mass is 10.1. The highest BCUT2D eigenvalue weighted by molar-refractivity contribution is 6.66. The monoisotopic (exact) mass is 318 g/mol. The number of carbonyl (C=O) groups excluding carboxylic acids is 1. The maximum absolute atomic E-state index is 11.2. The van der Waals surface area contributed by atoms with Crippen LogP contribution in [0.1, 0.15) is 40.0 Å². The number of aliphatic hydroxyl groups is 1. The molecule has 0 bridgehead atoms. The summed E-state index contributed by atoms with van der Waals surface area (Å²) in [5, 5.41) is 9.98. The van der Waals surface area contributed by atoms with Gasteiger partial charge in [-0.25, -0.2) is 4.79 Å². The lowest BCUT2D eigenvalue weighted by Gasteiger charge is -2.26. The van der Waals surface area contributed by atoms with Crippen molar-refractivity contribution in [1.29, 1.82) is 0 Å². The molecule has 0 aromatic carbocycles. The molecule has 0 aliphatic rings. The van der Waals surface area contributed by atoms with E-state index in [-0.39, 0.29) is 5.97 Å². The minimum absolute atomic E-state index is 0.314. The van der Waals surface area contributed by atoms with Crippen molar-refractivity contribution >= 4 is 14.5 Å². The van der Waals surface area contributed by atoms with Crippen LogP contribution in [0.4, 0.5) is 0 Å². The van der Waals surface area contributed by atoms with E-state index in [1.54, 1.807) is 6.92 Å². The summed E-state index contributed by atoms with van der Waals surface area (Å²) in [7, 11) is -2.15. The zero-order valence-electron chi connectivity index (χ0n) is 13.8. The maximum atomic E-state index is 11.2. The van der Waals surface area contributed by atoms with Crippen molar-refractivity contribution in [3.63, 3.8) is 0 Å². The Balaban J connectivity index is 3.90. The molecule has 0 heterocycles. The number of carbonyl (C=O) groups is 1. The number of aliphatic hydroxyl groups excluding tert-OH is 1. The Morgan fingerprint density at radius 3 is 2.29 bits per heavy atom. The molecule has 1 atom stereocenters. The molecule has 6 heteroatoms. The Labute approximate surface area is 129 Å². The van der Waals surface area contributed by atoms with Crippen molar-refractivity contribution in [3.8, 4) is 0 Å². The summed E-state index contributed by atoms with van der Waals surface area (Å²) in [6.45, 7) is 12.7. The second kappa shape index (κ2) is 11.0. The van der Waals surface area contributed by atoms with Crippen LogP contribution in [-0.4, -0.2) is 45.6 Å². The number of esters is 1. The summed E-state index contributed by atoms with van der Waals surface area (Å²) in [5.41, 5.74) is 0.394. The molecule has 21 heavy (non-hydrogen) atoms. The summed E-state index contributed by atoms with van der Waals surface area (Å²) in [6.07, 6.45) is 1.48. The summed E-state index contributed by atoms with van der Waals surface area (Å²) < 4.78 is 16.4. The van der Waals surface area contributed by atoms with Crippen molar-refractivity contribution in [2.45, 2.75) is 58.7 Å². The van der Waals surface area contributed by atoms with Gasteiger partial charge in [0.1, 0.15) is 0 Å². The number of rotatable bonds is 12. The van der Waals surface area contributed by atoms with Crippen LogP contribution in [0, 0.1) is 0 Å². The molecule has 0 saturated carbocycles. The van der Waals surface area contributed by atoms with E-state index >= 15 is 0 Å². The predicted molar refractivity (Wildman–Crippen MR) is 85.3 cm³/mol. The van der Waals surface area contributed by atoms with Crippen LogP contribution in [0.2, 0.25) is 12.6 Å². The first-order valence-electron chi connectivity index (χ1n) is 7.63. The first kappa shape index (κ1) is 20.3. The summed E-state index contributed by atoms with van der Waals surface area (Å²) >= 11 is 0. The molecule has 0 aromatic rings. The standard InChI is InChI=1S/C15H30O5Si/c1-6-19-21(5,20-7-2)12-10-14(16)9-8-11-18-15(17)13(3)4/h14,16H,3,6-12H2,1-2,4-5H3. The summed E-state index contributed by atoms with van der Waals surface area (Å²) in [5.74, 6) is -0.378. The Morgan fingerprint density at radius 2 is 1.81 bits per heavy atom. The van der Waals surface area contributed by atoms with Gasteiger partial charge in [-0.2, -0.15) is 0 Å². The van der Waals surface area contributed by atoms with Crippen LogP contribution in [0.15, 0.2) is 12.2 Å². The third kappa shape index (κ3) is 9.79. The molecule has 0 aromatic heterocycles. The minimum atomic E-state index is -2.15. The molecule has 124 valence electrons. The fourth-order valence-corrected chi connectivity index (χ4v) is 4.43. The molecule has 0 saturated heterocycles. The molecule has 0 aliphatic carbocycles. The van der Waals surface area contributed by atoms with Crippen molar-refractivity contribution in [3.05, 3.63) is 12.2 Å². The second-order valence-corrected chi connectivity index (χ2v) is 8.60. The van der Waals surface area contributed by atoms with Crippen LogP contribution in [-0.2, 0) is 18.4 Å². The van der Waals surface area contributed by atoms with Crippen molar-refractivity contribution in [2.24, 2.45) is 0 Å². The van der Waals surface area contributed by atoms with Gasteiger partial charge >= 0.3 is 14.5 Å². The first-order chi connectivity index (χ1) is 9.84. The van der Waals surface area contributed by atoms with E-state index in [4.69, 9.17) is 13.6 Å². The van der Waals surface area contributed by atoms with E-state index in [2.05, 4.69) is 6.58 Å². The van der Waals surface area contributed by atoms with E-state index in [0.717, 1.165) is 6.04 Å². The quantitative estimate of drug-likeness (QED) is 0.259. The van der Waals surface area contributed by atoms with Crippen molar-refractivity contribution in [1.82, 2.24) is 0 Å². The molecule has 0 fully saturated rings. The molecule has 1 N–H and O–H groups in total. The van der Waals surface area contributed by atoms with Crippen molar-refractivity contribution < 1.29 is 23.5 Å². The van der Waals surface area contributed by atoms with Crippen LogP contribution in [0.3, 0.4) is 0 Å². The normalized spacial score (nSPS) is 13.0. The molecule has 0 radical (unpaired) electrons. The zero-order chi connectivity index (χ0) is 16.3. The first-order valence-corrected chi connectivity index (χ1v) is 10.2. The smallest absolute Gasteiger partial charge is 0.335 e. The summed E-state index contributed by atoms with van der Waals surface area (Å²) in [4.78, 5) is 11.2. The average Bonchev–Trinajstić information content (AvgIpc) is 2.41. The van der Waals surface area contributed by atoms with Crippen molar-refractivity contribution in [2.75, 3.05) is 19.8 Å². The third-order valence-corrected chi connectivity index (χ3v) is 6.09. The fourth-order valence-electron chi connectivity index (χ4n) is 1.98. The largest absolute Gasteiger partial charge is 0.462 e. The van der Waals surface area contributed by atoms with Crippen LogP contribution in [0.25, 0.3) is 0 Å². The van der Waals surface area contributed by atoms with Gasteiger partial charge in [-0.3, -0.25) is 0 Å². The van der Waals surface area contributed by atoms with Gasteiger partial charge in [0.15, 0.2) is 0 Å². The Bertz CT molecular complexity index is 313. The highest BCUT2D eigenvalue weighted by Gasteiger charge is 2.31. The Morgan fingerprint density at radius 1 is 1.24 bits per heavy atom. The van der Waals surface area contributed by atoms with E-state index in [1.165, 1.54) is 0 Å². The number of ether oxygens (including phenoxy) is 1. The molecule has 0 rings (SSSR count). The lowest BCUT2D eigenvalue weighted by Crippen LogP contribution is -2.39. The maximum Gasteiger partial charge on any atom is 0.335 e. The fraction of sp³-hybridized carbons (Fsp3) is 0.800. The van der Waals surface area contributed by atoms with E-state index < -0.39 is 14.7 Å². The van der Waals surface area contributed by atoms with Gasteiger partial charge in [0, 0.05) is 18.8 Å². The van der Waals surface area contributed by atoms with Gasteiger partial charge in [-0.05, 0) is 52.6 Å². The molecule has 1 unspecified atom stereocenters. The zero-order valence-corrected chi connectivity index (χ0v) is 14.8. The number of hydrogen-bond acceptors (Lipinski definition) is 5. The third-order valence-electron chi connectivity index (χ3n) is 3.09. The highest BCUT2D eigenvalue weighted by Crippen LogP contribution is 2.18. The Hall–Kier alpha value is -0.693. The molecule has 5 nitrogen and oxygen atoms in total. The molecular weight excluding hydrogens is 288 g/mol. The summed E-state index contributed by atoms with van der Waals surface area (Å²) in [6, 6.07) is 0.765. The SMILES string of the molecule is C=C(C)C(=O)OCCCC(O)CC[Si](C)(OCC)OCC. The van der Waals surface area contributed by atoms with Gasteiger partial charge in [-0.15, -0.1) is 0 Å². The van der Waals surface area contributed by atoms with E-state index in [9.17, 15) is 9.90 Å². The molecule has 0 aliphatic heterocycles. The highest BCUT2D eigenvalue weighted by atomic mass is 28.4. The van der Waals surface area contributed by atoms with E-state index in [1.807, 2.05) is 20.4 Å². The van der Waals surface area contributed by atoms with Gasteiger partial charge in [0.05, 0.1) is 12.7 Å². The van der Waals surface area contributed by atoms with Crippen LogP contribution in [0.5, 0.6) is 0 Å². The minimum Gasteiger partial charge on any atom is -0.462 e. The van der Waals surface area contributed by atoms with Crippen LogP contribution < -0.4 is 0 Å². The van der Waals surface area contributed by atoms with Gasteiger partial charge in [-0.1, -0.05) is 6.58 Å². The predicted octanol–water partition coefficient (Wildman–Crippen LogP) is 2.78. The molecule has 0 amide bonds. The van der Waals surface area contributed by atoms with E-state index in [0.29, 0.717) is 44.7 Å².